The smallest absolute Gasteiger partial charge is 0.287 e. The van der Waals surface area contributed by atoms with Gasteiger partial charge in [-0.2, -0.15) is 0 Å². The third-order valence-electron chi connectivity index (χ3n) is 5.28. The molecule has 2 aromatic carbocycles. The van der Waals surface area contributed by atoms with Gasteiger partial charge in [-0.1, -0.05) is 29.8 Å². The number of fused-ring (bicyclic) bond motifs is 1. The molecule has 0 aliphatic heterocycles. The molecule has 2 aromatic heterocycles. The summed E-state index contributed by atoms with van der Waals surface area (Å²) in [5.74, 6) is 1.76. The Morgan fingerprint density at radius 2 is 2.00 bits per heavy atom. The number of hydrogen-bond acceptors (Lipinski definition) is 4. The summed E-state index contributed by atoms with van der Waals surface area (Å²) >= 11 is 0. The molecular weight excluding hydrogens is 390 g/mol. The number of aromatic nitrogens is 2. The lowest BCUT2D eigenvalue weighted by atomic mass is 10.1. The molecular formula is C25H27N3O3. The van der Waals surface area contributed by atoms with E-state index in [2.05, 4.69) is 41.9 Å². The molecule has 0 radical (unpaired) electrons. The van der Waals surface area contributed by atoms with Gasteiger partial charge >= 0.3 is 0 Å². The van der Waals surface area contributed by atoms with Crippen LogP contribution in [0.2, 0.25) is 0 Å². The van der Waals surface area contributed by atoms with Gasteiger partial charge in [-0.15, -0.1) is 0 Å². The van der Waals surface area contributed by atoms with Gasteiger partial charge in [0.1, 0.15) is 11.6 Å². The highest BCUT2D eigenvalue weighted by molar-refractivity contribution is 5.91. The molecule has 1 atom stereocenters. The number of nitrogens with zero attached hydrogens (tertiary/aromatic N) is 2. The lowest BCUT2D eigenvalue weighted by molar-refractivity contribution is 0.0909. The molecule has 0 spiro atoms. The second-order valence-corrected chi connectivity index (χ2v) is 7.75. The second kappa shape index (κ2) is 9.08. The molecule has 0 fully saturated rings. The van der Waals surface area contributed by atoms with Gasteiger partial charge in [-0.3, -0.25) is 4.79 Å². The van der Waals surface area contributed by atoms with Crippen molar-refractivity contribution in [3.8, 4) is 5.75 Å². The molecule has 0 bridgehead atoms. The molecule has 0 saturated carbocycles. The van der Waals surface area contributed by atoms with E-state index >= 15 is 0 Å². The fourth-order valence-electron chi connectivity index (χ4n) is 3.77. The van der Waals surface area contributed by atoms with Crippen LogP contribution in [0.3, 0.4) is 0 Å². The van der Waals surface area contributed by atoms with E-state index in [-0.39, 0.29) is 17.7 Å². The first-order chi connectivity index (χ1) is 15.0. The Balaban J connectivity index is 1.47. The number of carbonyl (C=O) groups is 1. The highest BCUT2D eigenvalue weighted by Gasteiger charge is 2.20. The lowest BCUT2D eigenvalue weighted by Crippen LogP contribution is -2.28. The number of amides is 1. The summed E-state index contributed by atoms with van der Waals surface area (Å²) < 4.78 is 13.4. The van der Waals surface area contributed by atoms with E-state index in [1.165, 1.54) is 11.8 Å². The summed E-state index contributed by atoms with van der Waals surface area (Å²) in [6, 6.07) is 17.3. The molecule has 31 heavy (non-hydrogen) atoms. The first-order valence-electron chi connectivity index (χ1n) is 10.5. The molecule has 1 unspecified atom stereocenters. The van der Waals surface area contributed by atoms with Gasteiger partial charge in [0, 0.05) is 6.54 Å². The zero-order valence-corrected chi connectivity index (χ0v) is 18.1. The minimum Gasteiger partial charge on any atom is -0.493 e. The van der Waals surface area contributed by atoms with E-state index in [4.69, 9.17) is 14.1 Å². The molecule has 6 heteroatoms. The Kier molecular flexibility index (Phi) is 6.07. The molecule has 0 aliphatic rings. The van der Waals surface area contributed by atoms with Crippen molar-refractivity contribution in [1.82, 2.24) is 14.9 Å². The quantitative estimate of drug-likeness (QED) is 0.400. The van der Waals surface area contributed by atoms with Crippen LogP contribution in [0.25, 0.3) is 11.0 Å². The number of carbonyl (C=O) groups excluding carboxylic acids is 1. The minimum absolute atomic E-state index is 0.255. The third-order valence-corrected chi connectivity index (χ3v) is 5.28. The van der Waals surface area contributed by atoms with Crippen molar-refractivity contribution >= 4 is 16.9 Å². The van der Waals surface area contributed by atoms with Gasteiger partial charge < -0.3 is 19.0 Å². The first-order valence-corrected chi connectivity index (χ1v) is 10.5. The fraction of sp³-hybridized carbons (Fsp3) is 0.280. The summed E-state index contributed by atoms with van der Waals surface area (Å²) in [6.07, 6.45) is 2.31. The van der Waals surface area contributed by atoms with Crippen molar-refractivity contribution in [1.29, 1.82) is 0 Å². The van der Waals surface area contributed by atoms with Crippen molar-refractivity contribution in [2.45, 2.75) is 39.8 Å². The van der Waals surface area contributed by atoms with Gasteiger partial charge in [0.25, 0.3) is 5.91 Å². The van der Waals surface area contributed by atoms with E-state index in [0.717, 1.165) is 41.1 Å². The van der Waals surface area contributed by atoms with E-state index < -0.39 is 0 Å². The fourth-order valence-corrected chi connectivity index (χ4v) is 3.77. The molecule has 6 nitrogen and oxygen atoms in total. The van der Waals surface area contributed by atoms with Gasteiger partial charge in [-0.05, 0) is 63.1 Å². The zero-order valence-electron chi connectivity index (χ0n) is 18.1. The highest BCUT2D eigenvalue weighted by Crippen LogP contribution is 2.23. The van der Waals surface area contributed by atoms with Crippen molar-refractivity contribution in [3.05, 3.63) is 83.6 Å². The van der Waals surface area contributed by atoms with Gasteiger partial charge in [0.15, 0.2) is 5.76 Å². The predicted octanol–water partition coefficient (Wildman–Crippen LogP) is 5.21. The number of para-hydroxylation sites is 2. The monoisotopic (exact) mass is 417 g/mol. The lowest BCUT2D eigenvalue weighted by Gasteiger charge is -2.16. The van der Waals surface area contributed by atoms with Crippen molar-refractivity contribution in [2.75, 3.05) is 6.61 Å². The van der Waals surface area contributed by atoms with Crippen LogP contribution in [0, 0.1) is 13.8 Å². The normalized spacial score (nSPS) is 12.1. The highest BCUT2D eigenvalue weighted by atomic mass is 16.5. The van der Waals surface area contributed by atoms with E-state index in [0.29, 0.717) is 6.61 Å². The summed E-state index contributed by atoms with van der Waals surface area (Å²) in [6.45, 7) is 7.41. The van der Waals surface area contributed by atoms with Crippen LogP contribution in [-0.2, 0) is 6.54 Å². The first kappa shape index (κ1) is 20.7. The molecule has 2 heterocycles. The van der Waals surface area contributed by atoms with Crippen molar-refractivity contribution in [3.63, 3.8) is 0 Å². The average Bonchev–Trinajstić information content (AvgIpc) is 3.41. The number of rotatable bonds is 8. The maximum Gasteiger partial charge on any atom is 0.287 e. The molecule has 160 valence electrons. The van der Waals surface area contributed by atoms with Gasteiger partial charge in [0.2, 0.25) is 0 Å². The molecule has 1 N–H and O–H groups in total. The van der Waals surface area contributed by atoms with Gasteiger partial charge in [-0.25, -0.2) is 4.98 Å². The molecule has 0 saturated heterocycles. The predicted molar refractivity (Wildman–Crippen MR) is 120 cm³/mol. The summed E-state index contributed by atoms with van der Waals surface area (Å²) in [4.78, 5) is 17.2. The zero-order chi connectivity index (χ0) is 21.8. The van der Waals surface area contributed by atoms with Crippen LogP contribution in [0.4, 0.5) is 0 Å². The molecule has 1 amide bonds. The number of benzene rings is 2. The topological polar surface area (TPSA) is 69.3 Å². The molecule has 4 rings (SSSR count). The van der Waals surface area contributed by atoms with Crippen LogP contribution >= 0.6 is 0 Å². The number of ether oxygens (including phenoxy) is 1. The van der Waals surface area contributed by atoms with E-state index in [1.807, 2.05) is 31.2 Å². The molecule has 4 aromatic rings. The van der Waals surface area contributed by atoms with Gasteiger partial charge in [0.05, 0.1) is 29.9 Å². The number of furan rings is 1. The Bertz CT molecular complexity index is 1180. The number of nitrogens with one attached hydrogen (secondary N) is 1. The Hall–Kier alpha value is -3.54. The summed E-state index contributed by atoms with van der Waals surface area (Å²) in [5.41, 5.74) is 4.32. The van der Waals surface area contributed by atoms with Crippen LogP contribution in [0.15, 0.2) is 65.3 Å². The maximum absolute atomic E-state index is 12.4. The van der Waals surface area contributed by atoms with Crippen LogP contribution < -0.4 is 10.1 Å². The third kappa shape index (κ3) is 4.63. The summed E-state index contributed by atoms with van der Waals surface area (Å²) in [7, 11) is 0. The standard InChI is InChI=1S/C25H27N3O3/c1-17-11-12-22(18(2)16-17)30-15-7-13-28-21-9-5-4-8-20(21)27-24(28)19(3)26-25(29)23-10-6-14-31-23/h4-6,8-12,14,16,19H,7,13,15H2,1-3H3,(H,26,29). The Morgan fingerprint density at radius 3 is 2.77 bits per heavy atom. The Morgan fingerprint density at radius 1 is 1.16 bits per heavy atom. The Labute approximate surface area is 181 Å². The number of imidazole rings is 1. The van der Waals surface area contributed by atoms with Crippen LogP contribution in [0.5, 0.6) is 5.75 Å². The number of aryl methyl sites for hydroxylation is 3. The second-order valence-electron chi connectivity index (χ2n) is 7.75. The number of hydrogen-bond donors (Lipinski definition) is 1. The van der Waals surface area contributed by atoms with E-state index in [9.17, 15) is 4.79 Å². The summed E-state index contributed by atoms with van der Waals surface area (Å²) in [5, 5.41) is 2.98. The van der Waals surface area contributed by atoms with Crippen LogP contribution in [-0.4, -0.2) is 22.1 Å². The minimum atomic E-state index is -0.273. The largest absolute Gasteiger partial charge is 0.493 e. The van der Waals surface area contributed by atoms with Crippen molar-refractivity contribution < 1.29 is 13.9 Å². The molecule has 0 aliphatic carbocycles. The average molecular weight is 418 g/mol. The van der Waals surface area contributed by atoms with Crippen LogP contribution in [0.1, 0.15) is 46.9 Å². The maximum atomic E-state index is 12.4. The van der Waals surface area contributed by atoms with E-state index in [1.54, 1.807) is 12.1 Å². The SMILES string of the molecule is Cc1ccc(OCCCn2c(C(C)NC(=O)c3ccco3)nc3ccccc32)c(C)c1. The van der Waals surface area contributed by atoms with Crippen molar-refractivity contribution in [2.24, 2.45) is 0 Å².